The summed E-state index contributed by atoms with van der Waals surface area (Å²) in [7, 11) is -3.04. The first-order valence-corrected chi connectivity index (χ1v) is 11.8. The van der Waals surface area contributed by atoms with Crippen LogP contribution >= 0.6 is 11.8 Å². The smallest absolute Gasteiger partial charge is 0.250 e. The van der Waals surface area contributed by atoms with Crippen LogP contribution in [0.2, 0.25) is 0 Å². The van der Waals surface area contributed by atoms with Gasteiger partial charge in [0.05, 0.1) is 17.5 Å². The SMILES string of the molecule is CCC(C)C(=O)N=C1SC2CS(=O)(=O)CC2N1c1ccc(C(C)C)cc1. The second-order valence-electron chi connectivity index (χ2n) is 7.46. The van der Waals surface area contributed by atoms with Crippen molar-refractivity contribution >= 4 is 38.4 Å². The summed E-state index contributed by atoms with van der Waals surface area (Å²) in [4.78, 5) is 18.7. The van der Waals surface area contributed by atoms with Crippen LogP contribution in [0.15, 0.2) is 29.3 Å². The lowest BCUT2D eigenvalue weighted by atomic mass is 10.0. The number of hydrogen-bond acceptors (Lipinski definition) is 4. The van der Waals surface area contributed by atoms with Crippen molar-refractivity contribution in [2.45, 2.75) is 51.3 Å². The summed E-state index contributed by atoms with van der Waals surface area (Å²) in [5.74, 6) is 0.433. The molecule has 7 heteroatoms. The molecule has 2 aliphatic heterocycles. The molecule has 2 saturated heterocycles. The Morgan fingerprint density at radius 3 is 2.46 bits per heavy atom. The van der Waals surface area contributed by atoms with Crippen LogP contribution in [0.3, 0.4) is 0 Å². The number of thioether (sulfide) groups is 1. The number of rotatable bonds is 4. The standard InChI is InChI=1S/C19H26N2O3S2/c1-5-13(4)18(22)20-19-21(15-8-6-14(7-9-15)12(2)3)16-10-26(23,24)11-17(16)25-19/h6-9,12-13,16-17H,5,10-11H2,1-4H3. The summed E-state index contributed by atoms with van der Waals surface area (Å²) < 4.78 is 24.2. The van der Waals surface area contributed by atoms with Crippen molar-refractivity contribution in [2.75, 3.05) is 16.4 Å². The number of anilines is 1. The molecule has 0 N–H and O–H groups in total. The van der Waals surface area contributed by atoms with Crippen molar-refractivity contribution < 1.29 is 13.2 Å². The number of aliphatic imine (C=N–C) groups is 1. The number of nitrogens with zero attached hydrogens (tertiary/aromatic N) is 2. The zero-order chi connectivity index (χ0) is 19.1. The van der Waals surface area contributed by atoms with E-state index >= 15 is 0 Å². The second-order valence-corrected chi connectivity index (χ2v) is 10.8. The molecule has 0 aromatic heterocycles. The number of sulfone groups is 1. The number of amides is 1. The molecule has 1 amide bonds. The Labute approximate surface area is 160 Å². The Bertz CT molecular complexity index is 816. The fourth-order valence-electron chi connectivity index (χ4n) is 3.27. The van der Waals surface area contributed by atoms with E-state index in [4.69, 9.17) is 0 Å². The van der Waals surface area contributed by atoms with Crippen LogP contribution in [0.25, 0.3) is 0 Å². The molecule has 3 unspecified atom stereocenters. The quantitative estimate of drug-likeness (QED) is 0.782. The van der Waals surface area contributed by atoms with Gasteiger partial charge in [0.1, 0.15) is 0 Å². The van der Waals surface area contributed by atoms with Crippen LogP contribution in [0.5, 0.6) is 0 Å². The number of hydrogen-bond donors (Lipinski definition) is 0. The van der Waals surface area contributed by atoms with Gasteiger partial charge in [0, 0.05) is 16.9 Å². The van der Waals surface area contributed by atoms with Gasteiger partial charge in [0.25, 0.3) is 5.91 Å². The molecule has 0 saturated carbocycles. The minimum atomic E-state index is -3.04. The zero-order valence-electron chi connectivity index (χ0n) is 15.7. The van der Waals surface area contributed by atoms with E-state index < -0.39 is 9.84 Å². The number of carbonyl (C=O) groups excluding carboxylic acids is 1. The normalized spacial score (nSPS) is 27.1. The summed E-state index contributed by atoms with van der Waals surface area (Å²) >= 11 is 1.43. The van der Waals surface area contributed by atoms with E-state index in [9.17, 15) is 13.2 Å². The Balaban J connectivity index is 1.97. The molecule has 0 aliphatic carbocycles. The van der Waals surface area contributed by atoms with Crippen LogP contribution in [-0.4, -0.2) is 42.3 Å². The van der Waals surface area contributed by atoms with E-state index in [0.717, 1.165) is 12.1 Å². The number of amidine groups is 1. The van der Waals surface area contributed by atoms with E-state index in [1.807, 2.05) is 30.9 Å². The Morgan fingerprint density at radius 1 is 1.23 bits per heavy atom. The van der Waals surface area contributed by atoms with E-state index in [1.54, 1.807) is 0 Å². The van der Waals surface area contributed by atoms with Crippen molar-refractivity contribution in [2.24, 2.45) is 10.9 Å². The number of carbonyl (C=O) groups is 1. The lowest BCUT2D eigenvalue weighted by Crippen LogP contribution is -2.37. The highest BCUT2D eigenvalue weighted by molar-refractivity contribution is 8.16. The van der Waals surface area contributed by atoms with Gasteiger partial charge >= 0.3 is 0 Å². The monoisotopic (exact) mass is 394 g/mol. The molecule has 26 heavy (non-hydrogen) atoms. The van der Waals surface area contributed by atoms with Gasteiger partial charge in [-0.15, -0.1) is 0 Å². The van der Waals surface area contributed by atoms with Crippen LogP contribution < -0.4 is 4.90 Å². The largest absolute Gasteiger partial charge is 0.316 e. The third-order valence-corrected chi connectivity index (χ3v) is 8.35. The van der Waals surface area contributed by atoms with Crippen molar-refractivity contribution in [3.63, 3.8) is 0 Å². The maximum Gasteiger partial charge on any atom is 0.250 e. The van der Waals surface area contributed by atoms with E-state index in [0.29, 0.717) is 11.1 Å². The highest BCUT2D eigenvalue weighted by Gasteiger charge is 2.49. The van der Waals surface area contributed by atoms with E-state index in [1.165, 1.54) is 17.3 Å². The Kier molecular flexibility index (Phi) is 5.49. The second kappa shape index (κ2) is 7.35. The average Bonchev–Trinajstić information content (AvgIpc) is 3.04. The fraction of sp³-hybridized carbons (Fsp3) is 0.579. The summed E-state index contributed by atoms with van der Waals surface area (Å²) in [5, 5.41) is 0.575. The maximum absolute atomic E-state index is 12.4. The molecule has 1 aromatic rings. The highest BCUT2D eigenvalue weighted by atomic mass is 32.2. The molecule has 3 atom stereocenters. The summed E-state index contributed by atoms with van der Waals surface area (Å²) in [5.41, 5.74) is 2.13. The minimum absolute atomic E-state index is 0.0618. The highest BCUT2D eigenvalue weighted by Crippen LogP contribution is 2.41. The molecule has 3 rings (SSSR count). The molecule has 0 radical (unpaired) electrons. The molecule has 2 aliphatic rings. The predicted molar refractivity (Wildman–Crippen MR) is 109 cm³/mol. The first-order valence-electron chi connectivity index (χ1n) is 9.10. The topological polar surface area (TPSA) is 66.8 Å². The molecule has 142 valence electrons. The summed E-state index contributed by atoms with van der Waals surface area (Å²) in [6.07, 6.45) is 0.741. The van der Waals surface area contributed by atoms with Crippen LogP contribution in [-0.2, 0) is 14.6 Å². The fourth-order valence-corrected chi connectivity index (χ4v) is 7.18. The van der Waals surface area contributed by atoms with Crippen LogP contribution in [0.4, 0.5) is 5.69 Å². The average molecular weight is 395 g/mol. The molecule has 1 aromatic carbocycles. The first kappa shape index (κ1) is 19.4. The van der Waals surface area contributed by atoms with Gasteiger partial charge < -0.3 is 4.90 Å². The van der Waals surface area contributed by atoms with Gasteiger partial charge in [-0.05, 0) is 30.0 Å². The van der Waals surface area contributed by atoms with Gasteiger partial charge in [-0.25, -0.2) is 8.42 Å². The van der Waals surface area contributed by atoms with E-state index in [-0.39, 0.29) is 34.6 Å². The zero-order valence-corrected chi connectivity index (χ0v) is 17.3. The van der Waals surface area contributed by atoms with Crippen molar-refractivity contribution in [3.05, 3.63) is 29.8 Å². The first-order chi connectivity index (χ1) is 12.2. The molecular weight excluding hydrogens is 368 g/mol. The third kappa shape index (κ3) is 3.83. The van der Waals surface area contributed by atoms with E-state index in [2.05, 4.69) is 31.0 Å². The summed E-state index contributed by atoms with van der Waals surface area (Å²) in [6, 6.07) is 7.99. The number of fused-ring (bicyclic) bond motifs is 1. The molecule has 0 spiro atoms. The minimum Gasteiger partial charge on any atom is -0.316 e. The molecule has 2 fully saturated rings. The Hall–Kier alpha value is -1.34. The summed E-state index contributed by atoms with van der Waals surface area (Å²) in [6.45, 7) is 8.11. The van der Waals surface area contributed by atoms with Gasteiger partial charge in [-0.2, -0.15) is 4.99 Å². The molecule has 0 bridgehead atoms. The molecular formula is C19H26N2O3S2. The number of benzene rings is 1. The van der Waals surface area contributed by atoms with Gasteiger partial charge in [-0.1, -0.05) is 51.6 Å². The Morgan fingerprint density at radius 2 is 1.88 bits per heavy atom. The van der Waals surface area contributed by atoms with Gasteiger partial charge in [0.15, 0.2) is 15.0 Å². The van der Waals surface area contributed by atoms with Crippen molar-refractivity contribution in [3.8, 4) is 0 Å². The maximum atomic E-state index is 12.4. The van der Waals surface area contributed by atoms with Crippen molar-refractivity contribution in [1.29, 1.82) is 0 Å². The predicted octanol–water partition coefficient (Wildman–Crippen LogP) is 3.46. The van der Waals surface area contributed by atoms with Crippen LogP contribution in [0.1, 0.15) is 45.6 Å². The lowest BCUT2D eigenvalue weighted by Gasteiger charge is -2.25. The lowest BCUT2D eigenvalue weighted by molar-refractivity contribution is -0.121. The molecule has 5 nitrogen and oxygen atoms in total. The third-order valence-electron chi connectivity index (χ3n) is 5.14. The molecule has 2 heterocycles. The van der Waals surface area contributed by atoms with Crippen LogP contribution in [0, 0.1) is 5.92 Å². The van der Waals surface area contributed by atoms with Gasteiger partial charge in [-0.3, -0.25) is 4.79 Å². The van der Waals surface area contributed by atoms with Crippen molar-refractivity contribution in [1.82, 2.24) is 0 Å². The van der Waals surface area contributed by atoms with Gasteiger partial charge in [0.2, 0.25) is 0 Å².